The molecule has 4 heteroatoms. The minimum Gasteiger partial charge on any atom is -0.461 e. The van der Waals surface area contributed by atoms with Crippen molar-refractivity contribution in [2.24, 2.45) is 5.41 Å². The summed E-state index contributed by atoms with van der Waals surface area (Å²) in [7, 11) is 0. The maximum absolute atomic E-state index is 12.0. The second kappa shape index (κ2) is 8.37. The molecule has 0 aliphatic rings. The van der Waals surface area contributed by atoms with Gasteiger partial charge in [0.2, 0.25) is 0 Å². The Hall–Kier alpha value is -2.10. The summed E-state index contributed by atoms with van der Waals surface area (Å²) >= 11 is 0. The summed E-state index contributed by atoms with van der Waals surface area (Å²) < 4.78 is 10.4. The molecular weight excluding hydrogens is 280 g/mol. The number of benzene rings is 1. The molecule has 0 aliphatic heterocycles. The Morgan fingerprint density at radius 2 is 1.73 bits per heavy atom. The Bertz CT molecular complexity index is 525. The van der Waals surface area contributed by atoms with Crippen molar-refractivity contribution in [2.75, 3.05) is 6.61 Å². The molecule has 22 heavy (non-hydrogen) atoms. The quantitative estimate of drug-likeness (QED) is 0.570. The van der Waals surface area contributed by atoms with E-state index < -0.39 is 17.4 Å². The third kappa shape index (κ3) is 6.57. The van der Waals surface area contributed by atoms with E-state index >= 15 is 0 Å². The first-order valence-electron chi connectivity index (χ1n) is 7.31. The van der Waals surface area contributed by atoms with Crippen molar-refractivity contribution in [1.82, 2.24) is 0 Å². The van der Waals surface area contributed by atoms with Crippen LogP contribution in [0.5, 0.6) is 0 Å². The molecule has 0 amide bonds. The molecular formula is C18H24O4. The average Bonchev–Trinajstić information content (AvgIpc) is 2.45. The van der Waals surface area contributed by atoms with Crippen LogP contribution in [-0.4, -0.2) is 18.5 Å². The summed E-state index contributed by atoms with van der Waals surface area (Å²) in [6, 6.07) is 9.43. The summed E-state index contributed by atoms with van der Waals surface area (Å²) in [5, 5.41) is 0. The van der Waals surface area contributed by atoms with Crippen LogP contribution in [0.4, 0.5) is 0 Å². The van der Waals surface area contributed by atoms with E-state index in [0.29, 0.717) is 0 Å². The van der Waals surface area contributed by atoms with E-state index in [1.807, 2.05) is 50.3 Å². The average molecular weight is 304 g/mol. The number of hydrogen-bond donors (Lipinski definition) is 0. The van der Waals surface area contributed by atoms with Gasteiger partial charge in [-0.05, 0) is 39.3 Å². The van der Waals surface area contributed by atoms with Crippen LogP contribution >= 0.6 is 0 Å². The summed E-state index contributed by atoms with van der Waals surface area (Å²) in [5.74, 6) is -0.810. The molecule has 0 radical (unpaired) electrons. The van der Waals surface area contributed by atoms with Crippen molar-refractivity contribution in [1.29, 1.82) is 0 Å². The molecule has 0 N–H and O–H groups in total. The first-order valence-corrected chi connectivity index (χ1v) is 7.31. The number of esters is 2. The molecule has 0 spiro atoms. The van der Waals surface area contributed by atoms with Gasteiger partial charge in [0.05, 0.1) is 11.8 Å². The predicted octanol–water partition coefficient (Wildman–Crippen LogP) is 3.66. The molecule has 0 aromatic heterocycles. The molecule has 0 heterocycles. The van der Waals surface area contributed by atoms with E-state index in [9.17, 15) is 9.59 Å². The zero-order chi connectivity index (χ0) is 16.6. The van der Waals surface area contributed by atoms with E-state index in [1.54, 1.807) is 13.8 Å². The number of rotatable bonds is 7. The van der Waals surface area contributed by atoms with E-state index in [4.69, 9.17) is 9.47 Å². The van der Waals surface area contributed by atoms with Gasteiger partial charge in [0.25, 0.3) is 0 Å². The number of carbonyl (C=O) groups is 2. The van der Waals surface area contributed by atoms with Crippen LogP contribution in [-0.2, 0) is 25.7 Å². The van der Waals surface area contributed by atoms with Gasteiger partial charge in [-0.15, -0.1) is 0 Å². The first kappa shape index (κ1) is 18.0. The summed E-state index contributed by atoms with van der Waals surface area (Å²) in [6.07, 6.45) is 1.81. The number of carbonyl (C=O) groups excluding carboxylic acids is 2. The van der Waals surface area contributed by atoms with Gasteiger partial charge in [-0.1, -0.05) is 35.9 Å². The Morgan fingerprint density at radius 1 is 1.09 bits per heavy atom. The zero-order valence-electron chi connectivity index (χ0n) is 13.7. The molecule has 4 nitrogen and oxygen atoms in total. The second-order valence-electron chi connectivity index (χ2n) is 6.09. The maximum atomic E-state index is 12.0. The van der Waals surface area contributed by atoms with E-state index in [0.717, 1.165) is 11.1 Å². The fourth-order valence-electron chi connectivity index (χ4n) is 1.70. The Labute approximate surface area is 132 Å². The van der Waals surface area contributed by atoms with Crippen molar-refractivity contribution in [3.05, 3.63) is 47.5 Å². The largest absolute Gasteiger partial charge is 0.461 e. The molecule has 0 saturated carbocycles. The van der Waals surface area contributed by atoms with Crippen molar-refractivity contribution in [2.45, 2.75) is 40.7 Å². The van der Waals surface area contributed by atoms with E-state index in [-0.39, 0.29) is 19.6 Å². The Balaban J connectivity index is 2.43. The molecule has 0 unspecified atom stereocenters. The highest BCUT2D eigenvalue weighted by atomic mass is 16.5. The summed E-state index contributed by atoms with van der Waals surface area (Å²) in [5.41, 5.74) is 1.09. The van der Waals surface area contributed by atoms with Crippen LogP contribution < -0.4 is 0 Å². The summed E-state index contributed by atoms with van der Waals surface area (Å²) in [6.45, 7) is 7.66. The van der Waals surface area contributed by atoms with Gasteiger partial charge >= 0.3 is 11.9 Å². The molecule has 0 fully saturated rings. The van der Waals surface area contributed by atoms with Crippen LogP contribution in [0, 0.1) is 5.41 Å². The van der Waals surface area contributed by atoms with Gasteiger partial charge in [-0.3, -0.25) is 9.59 Å². The molecule has 1 aromatic rings. The molecule has 0 bridgehead atoms. The van der Waals surface area contributed by atoms with Crippen molar-refractivity contribution >= 4 is 11.9 Å². The molecule has 1 rings (SSSR count). The topological polar surface area (TPSA) is 52.6 Å². The molecule has 1 aromatic carbocycles. The number of hydrogen-bond acceptors (Lipinski definition) is 4. The lowest BCUT2D eigenvalue weighted by atomic mass is 9.89. The zero-order valence-corrected chi connectivity index (χ0v) is 13.7. The lowest BCUT2D eigenvalue weighted by molar-refractivity contribution is -0.160. The smallest absolute Gasteiger partial charge is 0.312 e. The number of ether oxygens (including phenoxy) is 2. The lowest BCUT2D eigenvalue weighted by Crippen LogP contribution is -2.30. The van der Waals surface area contributed by atoms with E-state index in [1.165, 1.54) is 0 Å². The normalized spacial score (nSPS) is 10.7. The molecule has 120 valence electrons. The minimum atomic E-state index is -0.900. The molecule has 0 saturated heterocycles. The lowest BCUT2D eigenvalue weighted by Gasteiger charge is -2.21. The van der Waals surface area contributed by atoms with Crippen molar-refractivity contribution < 1.29 is 19.1 Å². The monoisotopic (exact) mass is 304 g/mol. The van der Waals surface area contributed by atoms with Crippen LogP contribution in [0.15, 0.2) is 42.0 Å². The Morgan fingerprint density at radius 3 is 2.32 bits per heavy atom. The second-order valence-corrected chi connectivity index (χ2v) is 6.09. The third-order valence-corrected chi connectivity index (χ3v) is 3.09. The number of allylic oxidation sites excluding steroid dienone is 1. The van der Waals surface area contributed by atoms with Crippen LogP contribution in [0.2, 0.25) is 0 Å². The van der Waals surface area contributed by atoms with Crippen LogP contribution in [0.1, 0.15) is 39.7 Å². The van der Waals surface area contributed by atoms with Gasteiger partial charge in [0, 0.05) is 0 Å². The highest BCUT2D eigenvalue weighted by molar-refractivity contribution is 5.82. The van der Waals surface area contributed by atoms with Crippen LogP contribution in [0.25, 0.3) is 0 Å². The standard InChI is InChI=1S/C18H24O4/c1-14(2)10-11-21-17(20)18(3,4)12-16(19)22-13-15-8-6-5-7-9-15/h5-10H,11-13H2,1-4H3. The fourth-order valence-corrected chi connectivity index (χ4v) is 1.70. The SMILES string of the molecule is CC(C)=CCOC(=O)C(C)(C)CC(=O)OCc1ccccc1. The van der Waals surface area contributed by atoms with Crippen molar-refractivity contribution in [3.8, 4) is 0 Å². The first-order chi connectivity index (χ1) is 10.3. The van der Waals surface area contributed by atoms with Gasteiger partial charge in [-0.25, -0.2) is 0 Å². The van der Waals surface area contributed by atoms with Gasteiger partial charge in [0.15, 0.2) is 0 Å². The van der Waals surface area contributed by atoms with Crippen molar-refractivity contribution in [3.63, 3.8) is 0 Å². The van der Waals surface area contributed by atoms with Gasteiger partial charge in [-0.2, -0.15) is 0 Å². The Kier molecular flexibility index (Phi) is 6.83. The van der Waals surface area contributed by atoms with E-state index in [2.05, 4.69) is 0 Å². The summed E-state index contributed by atoms with van der Waals surface area (Å²) in [4.78, 5) is 23.9. The minimum absolute atomic E-state index is 0.00646. The molecule has 0 aliphatic carbocycles. The predicted molar refractivity (Wildman–Crippen MR) is 85.0 cm³/mol. The van der Waals surface area contributed by atoms with Crippen LogP contribution in [0.3, 0.4) is 0 Å². The fraction of sp³-hybridized carbons (Fsp3) is 0.444. The maximum Gasteiger partial charge on any atom is 0.312 e. The highest BCUT2D eigenvalue weighted by Crippen LogP contribution is 2.23. The van der Waals surface area contributed by atoms with Gasteiger partial charge < -0.3 is 9.47 Å². The van der Waals surface area contributed by atoms with Gasteiger partial charge in [0.1, 0.15) is 13.2 Å². The highest BCUT2D eigenvalue weighted by Gasteiger charge is 2.32. The third-order valence-electron chi connectivity index (χ3n) is 3.09. The molecule has 0 atom stereocenters.